The first kappa shape index (κ1) is 21.3. The van der Waals surface area contributed by atoms with Gasteiger partial charge in [0.25, 0.3) is 0 Å². The van der Waals surface area contributed by atoms with Crippen LogP contribution in [0, 0.1) is 31.0 Å². The first-order chi connectivity index (χ1) is 16.4. The molecule has 0 fully saturated rings. The number of nitrogens with two attached hydrogens (primary N) is 1. The summed E-state index contributed by atoms with van der Waals surface area (Å²) in [4.78, 5) is 12.8. The number of fused-ring (bicyclic) bond motifs is 2. The first-order valence-electron chi connectivity index (χ1n) is 10.5. The summed E-state index contributed by atoms with van der Waals surface area (Å²) in [6.07, 6.45) is 0. The number of nitrogens with zero attached hydrogens (tertiary/aromatic N) is 1. The summed E-state index contributed by atoms with van der Waals surface area (Å²) < 4.78 is 30.4. The molecule has 2 heterocycles. The zero-order valence-corrected chi connectivity index (χ0v) is 18.4. The fourth-order valence-corrected chi connectivity index (χ4v) is 4.14. The van der Waals surface area contributed by atoms with E-state index in [1.54, 1.807) is 25.1 Å². The van der Waals surface area contributed by atoms with Crippen LogP contribution >= 0.6 is 0 Å². The van der Waals surface area contributed by atoms with Crippen LogP contribution in [0.2, 0.25) is 0 Å². The average Bonchev–Trinajstić information content (AvgIpc) is 3.14. The van der Waals surface area contributed by atoms with Gasteiger partial charge in [-0.3, -0.25) is 0 Å². The Labute approximate surface area is 194 Å². The van der Waals surface area contributed by atoms with Gasteiger partial charge in [-0.1, -0.05) is 35.9 Å². The molecule has 0 radical (unpaired) electrons. The predicted molar refractivity (Wildman–Crippen MR) is 123 cm³/mol. The highest BCUT2D eigenvalue weighted by Crippen LogP contribution is 2.43. The average molecular weight is 454 g/mol. The van der Waals surface area contributed by atoms with Gasteiger partial charge in [0.05, 0.1) is 5.92 Å². The van der Waals surface area contributed by atoms with Gasteiger partial charge in [-0.15, -0.1) is 0 Å². The summed E-state index contributed by atoms with van der Waals surface area (Å²) >= 11 is 0. The van der Waals surface area contributed by atoms with Crippen molar-refractivity contribution in [3.05, 3.63) is 106 Å². The predicted octanol–water partition coefficient (Wildman–Crippen LogP) is 5.63. The van der Waals surface area contributed by atoms with Crippen molar-refractivity contribution in [2.45, 2.75) is 19.8 Å². The molecular weight excluding hydrogens is 435 g/mol. The van der Waals surface area contributed by atoms with Crippen molar-refractivity contribution in [1.29, 1.82) is 5.26 Å². The van der Waals surface area contributed by atoms with E-state index in [0.717, 1.165) is 16.7 Å². The standard InChI is InChI=1S/C27H19FN2O4/c1-14-3-5-16(6-4-14)24-19-9-8-18(12-23(19)34-26(30)21(24)13-29)32-27(31)25-15(2)20-11-17(28)7-10-22(20)33-25/h3-12,24H,30H2,1-2H3. The number of nitriles is 1. The van der Waals surface area contributed by atoms with Crippen LogP contribution in [-0.2, 0) is 0 Å². The minimum Gasteiger partial charge on any atom is -0.449 e. The third kappa shape index (κ3) is 3.55. The molecule has 3 aromatic carbocycles. The fourth-order valence-electron chi connectivity index (χ4n) is 4.14. The molecule has 0 bridgehead atoms. The maximum Gasteiger partial charge on any atom is 0.379 e. The van der Waals surface area contributed by atoms with Crippen molar-refractivity contribution in [1.82, 2.24) is 0 Å². The summed E-state index contributed by atoms with van der Waals surface area (Å²) in [6, 6.07) is 18.9. The second-order valence-electron chi connectivity index (χ2n) is 8.12. The van der Waals surface area contributed by atoms with Crippen molar-refractivity contribution in [3.63, 3.8) is 0 Å². The van der Waals surface area contributed by atoms with Crippen LogP contribution in [0.25, 0.3) is 11.0 Å². The summed E-state index contributed by atoms with van der Waals surface area (Å²) in [5, 5.41) is 10.2. The Morgan fingerprint density at radius 1 is 1.09 bits per heavy atom. The van der Waals surface area contributed by atoms with E-state index in [4.69, 9.17) is 19.6 Å². The number of hydrogen-bond acceptors (Lipinski definition) is 6. The lowest BCUT2D eigenvalue weighted by Crippen LogP contribution is -2.21. The Morgan fingerprint density at radius 3 is 2.59 bits per heavy atom. The van der Waals surface area contributed by atoms with E-state index in [2.05, 4.69) is 6.07 Å². The van der Waals surface area contributed by atoms with Gasteiger partial charge in [-0.2, -0.15) is 5.26 Å². The molecule has 34 heavy (non-hydrogen) atoms. The van der Waals surface area contributed by atoms with Crippen molar-refractivity contribution < 1.29 is 23.1 Å². The van der Waals surface area contributed by atoms with Gasteiger partial charge in [0.15, 0.2) is 0 Å². The Morgan fingerprint density at radius 2 is 1.85 bits per heavy atom. The van der Waals surface area contributed by atoms with E-state index in [-0.39, 0.29) is 17.4 Å². The molecule has 1 atom stereocenters. The number of hydrogen-bond donors (Lipinski definition) is 1. The number of carbonyl (C=O) groups is 1. The van der Waals surface area contributed by atoms with Crippen LogP contribution in [-0.4, -0.2) is 5.97 Å². The Bertz CT molecular complexity index is 1530. The Kier molecular flexibility index (Phi) is 5.06. The van der Waals surface area contributed by atoms with E-state index >= 15 is 0 Å². The van der Waals surface area contributed by atoms with E-state index in [9.17, 15) is 14.4 Å². The monoisotopic (exact) mass is 454 g/mol. The topological polar surface area (TPSA) is 98.5 Å². The minimum atomic E-state index is -0.721. The zero-order chi connectivity index (χ0) is 24.0. The quantitative estimate of drug-likeness (QED) is 0.318. The van der Waals surface area contributed by atoms with Gasteiger partial charge in [0.2, 0.25) is 11.6 Å². The van der Waals surface area contributed by atoms with Gasteiger partial charge in [-0.25, -0.2) is 9.18 Å². The number of rotatable bonds is 3. The number of esters is 1. The summed E-state index contributed by atoms with van der Waals surface area (Å²) in [5.41, 5.74) is 9.96. The molecular formula is C27H19FN2O4. The molecule has 6 nitrogen and oxygen atoms in total. The molecule has 2 N–H and O–H groups in total. The molecule has 7 heteroatoms. The van der Waals surface area contributed by atoms with Crippen molar-refractivity contribution in [2.75, 3.05) is 0 Å². The van der Waals surface area contributed by atoms with Crippen LogP contribution in [0.5, 0.6) is 11.5 Å². The second kappa shape index (κ2) is 8.09. The molecule has 1 unspecified atom stereocenters. The Balaban J connectivity index is 1.49. The van der Waals surface area contributed by atoms with Gasteiger partial charge in [0, 0.05) is 22.6 Å². The molecule has 4 aromatic rings. The number of carbonyl (C=O) groups excluding carboxylic acids is 1. The normalized spacial score (nSPS) is 14.9. The molecule has 168 valence electrons. The summed E-state index contributed by atoms with van der Waals surface area (Å²) in [7, 11) is 0. The number of benzene rings is 3. The maximum atomic E-state index is 13.6. The second-order valence-corrected chi connectivity index (χ2v) is 8.12. The highest BCUT2D eigenvalue weighted by Gasteiger charge is 2.31. The largest absolute Gasteiger partial charge is 0.449 e. The number of aryl methyl sites for hydroxylation is 2. The molecule has 0 spiro atoms. The van der Waals surface area contributed by atoms with Crippen LogP contribution < -0.4 is 15.2 Å². The smallest absolute Gasteiger partial charge is 0.379 e. The fraction of sp³-hybridized carbons (Fsp3) is 0.111. The molecule has 5 rings (SSSR count). The van der Waals surface area contributed by atoms with E-state index in [1.807, 2.05) is 31.2 Å². The Hall–Kier alpha value is -4.57. The summed E-state index contributed by atoms with van der Waals surface area (Å²) in [6.45, 7) is 3.65. The third-order valence-electron chi connectivity index (χ3n) is 5.90. The van der Waals surface area contributed by atoms with Gasteiger partial charge >= 0.3 is 5.97 Å². The maximum absolute atomic E-state index is 13.6. The number of furan rings is 1. The lowest BCUT2D eigenvalue weighted by molar-refractivity contribution is 0.0702. The molecule has 1 aliphatic rings. The number of halogens is 1. The molecule has 0 saturated carbocycles. The highest BCUT2D eigenvalue weighted by molar-refractivity contribution is 5.96. The van der Waals surface area contributed by atoms with Gasteiger partial charge in [-0.05, 0) is 43.7 Å². The van der Waals surface area contributed by atoms with E-state index in [1.165, 1.54) is 18.2 Å². The van der Waals surface area contributed by atoms with Crippen LogP contribution in [0.4, 0.5) is 4.39 Å². The van der Waals surface area contributed by atoms with Crippen LogP contribution in [0.1, 0.15) is 38.7 Å². The third-order valence-corrected chi connectivity index (χ3v) is 5.90. The SMILES string of the molecule is Cc1ccc(C2C(C#N)=C(N)Oc3cc(OC(=O)c4oc5ccc(F)cc5c4C)ccc32)cc1. The molecule has 1 aliphatic heterocycles. The van der Waals surface area contributed by atoms with Gasteiger partial charge in [0.1, 0.15) is 34.5 Å². The molecule has 0 aliphatic carbocycles. The number of ether oxygens (including phenoxy) is 2. The zero-order valence-electron chi connectivity index (χ0n) is 18.4. The molecule has 1 aromatic heterocycles. The van der Waals surface area contributed by atoms with E-state index < -0.39 is 17.7 Å². The first-order valence-corrected chi connectivity index (χ1v) is 10.5. The van der Waals surface area contributed by atoms with Crippen LogP contribution in [0.15, 0.2) is 76.5 Å². The van der Waals surface area contributed by atoms with E-state index in [0.29, 0.717) is 27.9 Å². The molecule has 0 amide bonds. The van der Waals surface area contributed by atoms with Crippen molar-refractivity contribution in [3.8, 4) is 17.6 Å². The van der Waals surface area contributed by atoms with Crippen molar-refractivity contribution in [2.24, 2.45) is 5.73 Å². The number of allylic oxidation sites excluding steroid dienone is 1. The van der Waals surface area contributed by atoms with Gasteiger partial charge < -0.3 is 19.6 Å². The lowest BCUT2D eigenvalue weighted by atomic mass is 9.83. The summed E-state index contributed by atoms with van der Waals surface area (Å²) in [5.74, 6) is -0.968. The lowest BCUT2D eigenvalue weighted by Gasteiger charge is -2.26. The molecule has 0 saturated heterocycles. The van der Waals surface area contributed by atoms with Crippen LogP contribution in [0.3, 0.4) is 0 Å². The minimum absolute atomic E-state index is 0.000734. The van der Waals surface area contributed by atoms with Crippen molar-refractivity contribution >= 4 is 16.9 Å². The highest BCUT2D eigenvalue weighted by atomic mass is 19.1.